The third-order valence-electron chi connectivity index (χ3n) is 1.47. The number of hydrogen-bond acceptors (Lipinski definition) is 1. The van der Waals surface area contributed by atoms with E-state index in [9.17, 15) is 0 Å². The van der Waals surface area contributed by atoms with Crippen LogP contribution in [0.3, 0.4) is 0 Å². The average Bonchev–Trinajstić information content (AvgIpc) is 1.90. The molecular weight excluding hydrogens is 168 g/mol. The SMILES string of the molecule is BrC[C@@H]1CCCOC1. The lowest BCUT2D eigenvalue weighted by Gasteiger charge is -2.19. The minimum absolute atomic E-state index is 0.781. The van der Waals surface area contributed by atoms with Gasteiger partial charge in [-0.25, -0.2) is 0 Å². The summed E-state index contributed by atoms with van der Waals surface area (Å²) in [5.41, 5.74) is 0. The molecule has 0 aliphatic carbocycles. The molecule has 0 saturated carbocycles. The van der Waals surface area contributed by atoms with E-state index < -0.39 is 0 Å². The van der Waals surface area contributed by atoms with Crippen molar-refractivity contribution in [1.29, 1.82) is 0 Å². The van der Waals surface area contributed by atoms with Gasteiger partial charge in [-0.2, -0.15) is 0 Å². The molecular formula is C6H11BrO. The van der Waals surface area contributed by atoms with Gasteiger partial charge in [-0.3, -0.25) is 0 Å². The molecule has 1 heterocycles. The molecule has 1 aliphatic rings. The van der Waals surface area contributed by atoms with Gasteiger partial charge in [0.05, 0.1) is 6.61 Å². The van der Waals surface area contributed by atoms with Gasteiger partial charge in [0.15, 0.2) is 0 Å². The maximum absolute atomic E-state index is 5.24. The van der Waals surface area contributed by atoms with Gasteiger partial charge in [0.2, 0.25) is 0 Å². The Balaban J connectivity index is 2.13. The highest BCUT2D eigenvalue weighted by atomic mass is 79.9. The summed E-state index contributed by atoms with van der Waals surface area (Å²) in [7, 11) is 0. The molecule has 0 unspecified atom stereocenters. The Labute approximate surface area is 58.5 Å². The van der Waals surface area contributed by atoms with Crippen LogP contribution in [0.1, 0.15) is 12.8 Å². The normalized spacial score (nSPS) is 30.4. The lowest BCUT2D eigenvalue weighted by molar-refractivity contribution is 0.0636. The van der Waals surface area contributed by atoms with Gasteiger partial charge in [-0.05, 0) is 18.8 Å². The molecule has 1 saturated heterocycles. The Morgan fingerprint density at radius 1 is 1.62 bits per heavy atom. The summed E-state index contributed by atoms with van der Waals surface area (Å²) in [5.74, 6) is 0.781. The number of alkyl halides is 1. The van der Waals surface area contributed by atoms with Crippen LogP contribution in [0.5, 0.6) is 0 Å². The number of ether oxygens (including phenoxy) is 1. The molecule has 1 aliphatic heterocycles. The van der Waals surface area contributed by atoms with Crippen molar-refractivity contribution in [1.82, 2.24) is 0 Å². The van der Waals surface area contributed by atoms with Gasteiger partial charge in [0, 0.05) is 11.9 Å². The van der Waals surface area contributed by atoms with Gasteiger partial charge >= 0.3 is 0 Å². The predicted octanol–water partition coefficient (Wildman–Crippen LogP) is 1.81. The van der Waals surface area contributed by atoms with E-state index in [2.05, 4.69) is 15.9 Å². The van der Waals surface area contributed by atoms with Crippen LogP contribution in [0.15, 0.2) is 0 Å². The fourth-order valence-corrected chi connectivity index (χ4v) is 1.44. The zero-order valence-electron chi connectivity index (χ0n) is 4.90. The molecule has 1 nitrogen and oxygen atoms in total. The minimum Gasteiger partial charge on any atom is -0.381 e. The second-order valence-electron chi connectivity index (χ2n) is 2.24. The Kier molecular flexibility index (Phi) is 2.84. The summed E-state index contributed by atoms with van der Waals surface area (Å²) in [6.45, 7) is 1.94. The lowest BCUT2D eigenvalue weighted by atomic mass is 10.1. The quantitative estimate of drug-likeness (QED) is 0.557. The van der Waals surface area contributed by atoms with Crippen LogP contribution in [0.4, 0.5) is 0 Å². The maximum Gasteiger partial charge on any atom is 0.0502 e. The molecule has 2 heteroatoms. The third kappa shape index (κ3) is 1.75. The molecule has 0 aromatic carbocycles. The fourth-order valence-electron chi connectivity index (χ4n) is 0.929. The number of rotatable bonds is 1. The molecule has 0 aromatic rings. The van der Waals surface area contributed by atoms with Crippen molar-refractivity contribution in [3.8, 4) is 0 Å². The van der Waals surface area contributed by atoms with E-state index in [-0.39, 0.29) is 0 Å². The van der Waals surface area contributed by atoms with E-state index >= 15 is 0 Å². The zero-order chi connectivity index (χ0) is 5.82. The predicted molar refractivity (Wildman–Crippen MR) is 37.3 cm³/mol. The fraction of sp³-hybridized carbons (Fsp3) is 1.00. The highest BCUT2D eigenvalue weighted by molar-refractivity contribution is 9.09. The van der Waals surface area contributed by atoms with Crippen molar-refractivity contribution < 1.29 is 4.74 Å². The van der Waals surface area contributed by atoms with Gasteiger partial charge in [-0.1, -0.05) is 15.9 Å². The number of hydrogen-bond donors (Lipinski definition) is 0. The maximum atomic E-state index is 5.24. The monoisotopic (exact) mass is 178 g/mol. The second kappa shape index (κ2) is 3.46. The van der Waals surface area contributed by atoms with Crippen LogP contribution in [-0.2, 0) is 4.74 Å². The molecule has 0 aromatic heterocycles. The van der Waals surface area contributed by atoms with E-state index in [4.69, 9.17) is 4.74 Å². The molecule has 0 radical (unpaired) electrons. The largest absolute Gasteiger partial charge is 0.381 e. The molecule has 0 spiro atoms. The highest BCUT2D eigenvalue weighted by Crippen LogP contribution is 2.14. The first kappa shape index (κ1) is 6.56. The summed E-state index contributed by atoms with van der Waals surface area (Å²) in [6.07, 6.45) is 2.58. The summed E-state index contributed by atoms with van der Waals surface area (Å²) in [6, 6.07) is 0. The number of halogens is 1. The van der Waals surface area contributed by atoms with Crippen LogP contribution in [0.2, 0.25) is 0 Å². The Morgan fingerprint density at radius 2 is 2.50 bits per heavy atom. The molecule has 0 amide bonds. The smallest absolute Gasteiger partial charge is 0.0502 e. The first-order valence-electron chi connectivity index (χ1n) is 3.07. The Bertz CT molecular complexity index is 59.5. The van der Waals surface area contributed by atoms with Crippen molar-refractivity contribution in [2.24, 2.45) is 5.92 Å². The zero-order valence-corrected chi connectivity index (χ0v) is 6.49. The van der Waals surface area contributed by atoms with E-state index in [1.54, 1.807) is 0 Å². The van der Waals surface area contributed by atoms with Crippen LogP contribution in [-0.4, -0.2) is 18.5 Å². The van der Waals surface area contributed by atoms with E-state index in [1.165, 1.54) is 12.8 Å². The standard InChI is InChI=1S/C6H11BrO/c7-4-6-2-1-3-8-5-6/h6H,1-5H2/t6-/m0/s1. The van der Waals surface area contributed by atoms with E-state index in [1.807, 2.05) is 0 Å². The highest BCUT2D eigenvalue weighted by Gasteiger charge is 2.10. The molecule has 8 heavy (non-hydrogen) atoms. The van der Waals surface area contributed by atoms with Crippen LogP contribution in [0.25, 0.3) is 0 Å². The Morgan fingerprint density at radius 3 is 2.88 bits per heavy atom. The molecule has 48 valence electrons. The Hall–Kier alpha value is 0.440. The first-order valence-corrected chi connectivity index (χ1v) is 4.19. The molecule has 1 fully saturated rings. The molecule has 1 rings (SSSR count). The van der Waals surface area contributed by atoms with Crippen LogP contribution in [0, 0.1) is 5.92 Å². The van der Waals surface area contributed by atoms with Crippen molar-refractivity contribution in [2.75, 3.05) is 18.5 Å². The third-order valence-corrected chi connectivity index (χ3v) is 2.39. The topological polar surface area (TPSA) is 9.23 Å². The van der Waals surface area contributed by atoms with Crippen molar-refractivity contribution in [3.63, 3.8) is 0 Å². The second-order valence-corrected chi connectivity index (χ2v) is 2.88. The summed E-state index contributed by atoms with van der Waals surface area (Å²) in [5, 5.41) is 1.10. The van der Waals surface area contributed by atoms with Crippen molar-refractivity contribution >= 4 is 15.9 Å². The van der Waals surface area contributed by atoms with Crippen LogP contribution < -0.4 is 0 Å². The van der Waals surface area contributed by atoms with Crippen molar-refractivity contribution in [2.45, 2.75) is 12.8 Å². The van der Waals surface area contributed by atoms with Gasteiger partial charge in [0.25, 0.3) is 0 Å². The summed E-state index contributed by atoms with van der Waals surface area (Å²) < 4.78 is 5.24. The van der Waals surface area contributed by atoms with Gasteiger partial charge in [0.1, 0.15) is 0 Å². The first-order chi connectivity index (χ1) is 3.93. The van der Waals surface area contributed by atoms with Crippen molar-refractivity contribution in [3.05, 3.63) is 0 Å². The van der Waals surface area contributed by atoms with E-state index in [0.717, 1.165) is 24.5 Å². The summed E-state index contributed by atoms with van der Waals surface area (Å²) >= 11 is 3.43. The lowest BCUT2D eigenvalue weighted by Crippen LogP contribution is -2.17. The van der Waals surface area contributed by atoms with Gasteiger partial charge in [-0.15, -0.1) is 0 Å². The molecule has 0 bridgehead atoms. The average molecular weight is 179 g/mol. The molecule has 1 atom stereocenters. The summed E-state index contributed by atoms with van der Waals surface area (Å²) in [4.78, 5) is 0. The van der Waals surface area contributed by atoms with E-state index in [0.29, 0.717) is 0 Å². The minimum atomic E-state index is 0.781. The molecule has 0 N–H and O–H groups in total. The van der Waals surface area contributed by atoms with Gasteiger partial charge < -0.3 is 4.74 Å². The van der Waals surface area contributed by atoms with Crippen LogP contribution >= 0.6 is 15.9 Å².